The largest absolute Gasteiger partial charge is 0.313 e. The Balaban J connectivity index is 1.99. The molecule has 1 nitrogen and oxygen atoms in total. The molecule has 0 aromatic rings. The van der Waals surface area contributed by atoms with E-state index in [-0.39, 0.29) is 0 Å². The van der Waals surface area contributed by atoms with Gasteiger partial charge >= 0.3 is 0 Å². The van der Waals surface area contributed by atoms with Crippen LogP contribution in [0, 0.1) is 5.92 Å². The molecule has 0 aromatic heterocycles. The number of rotatable bonds is 5. The second-order valence-corrected chi connectivity index (χ2v) is 5.01. The van der Waals surface area contributed by atoms with Crippen LogP contribution in [-0.4, -0.2) is 24.1 Å². The minimum atomic E-state index is 0.814. The zero-order valence-electron chi connectivity index (χ0n) is 8.31. The predicted octanol–water partition coefficient (Wildman–Crippen LogP) is 2.52. The molecule has 2 heteroatoms. The lowest BCUT2D eigenvalue weighted by molar-refractivity contribution is 0.441. The van der Waals surface area contributed by atoms with Crippen molar-refractivity contribution in [1.29, 1.82) is 0 Å². The average Bonchev–Trinajstić information content (AvgIpc) is 2.53. The van der Waals surface area contributed by atoms with Crippen molar-refractivity contribution in [2.75, 3.05) is 18.1 Å². The van der Waals surface area contributed by atoms with Crippen molar-refractivity contribution in [2.45, 2.75) is 39.2 Å². The van der Waals surface area contributed by atoms with Crippen LogP contribution in [0.25, 0.3) is 0 Å². The molecular weight excluding hydrogens is 166 g/mol. The molecule has 2 atom stereocenters. The first-order valence-electron chi connectivity index (χ1n) is 5.14. The molecule has 2 unspecified atom stereocenters. The average molecular weight is 187 g/mol. The van der Waals surface area contributed by atoms with E-state index in [1.807, 2.05) is 0 Å². The summed E-state index contributed by atoms with van der Waals surface area (Å²) < 4.78 is 0. The fourth-order valence-corrected chi connectivity index (χ4v) is 2.85. The maximum Gasteiger partial charge on any atom is 0.0166 e. The molecule has 1 fully saturated rings. The summed E-state index contributed by atoms with van der Waals surface area (Å²) in [6.07, 6.45) is 4.07. The second-order valence-electron chi connectivity index (χ2n) is 3.86. The molecular formula is C10H21NS. The zero-order chi connectivity index (χ0) is 8.81. The molecule has 0 bridgehead atoms. The number of hydrogen-bond acceptors (Lipinski definition) is 2. The molecule has 0 spiro atoms. The first-order valence-corrected chi connectivity index (χ1v) is 6.29. The molecule has 1 aliphatic rings. The molecule has 1 heterocycles. The monoisotopic (exact) mass is 187 g/mol. The van der Waals surface area contributed by atoms with E-state index < -0.39 is 0 Å². The number of thioether (sulfide) groups is 1. The first-order chi connectivity index (χ1) is 5.83. The lowest BCUT2D eigenvalue weighted by Crippen LogP contribution is -2.32. The third kappa shape index (κ3) is 3.81. The minimum absolute atomic E-state index is 0.814. The quantitative estimate of drug-likeness (QED) is 0.710. The topological polar surface area (TPSA) is 12.0 Å². The molecule has 0 amide bonds. The van der Waals surface area contributed by atoms with Gasteiger partial charge in [-0.2, -0.15) is 11.8 Å². The molecule has 0 radical (unpaired) electrons. The third-order valence-corrected chi connectivity index (χ3v) is 3.63. The Morgan fingerprint density at radius 3 is 3.00 bits per heavy atom. The van der Waals surface area contributed by atoms with Gasteiger partial charge in [0, 0.05) is 11.8 Å². The van der Waals surface area contributed by atoms with Crippen molar-refractivity contribution in [1.82, 2.24) is 5.32 Å². The van der Waals surface area contributed by atoms with E-state index in [9.17, 15) is 0 Å². The molecule has 1 rings (SSSR count). The highest BCUT2D eigenvalue weighted by atomic mass is 32.2. The second kappa shape index (κ2) is 5.87. The van der Waals surface area contributed by atoms with Gasteiger partial charge in [0.15, 0.2) is 0 Å². The Morgan fingerprint density at radius 1 is 1.58 bits per heavy atom. The summed E-state index contributed by atoms with van der Waals surface area (Å²) in [6, 6.07) is 0.814. The van der Waals surface area contributed by atoms with Crippen molar-refractivity contribution in [3.05, 3.63) is 0 Å². The van der Waals surface area contributed by atoms with E-state index >= 15 is 0 Å². The van der Waals surface area contributed by atoms with Crippen LogP contribution < -0.4 is 5.32 Å². The predicted molar refractivity (Wildman–Crippen MR) is 57.8 cm³/mol. The van der Waals surface area contributed by atoms with Gasteiger partial charge in [0.2, 0.25) is 0 Å². The van der Waals surface area contributed by atoms with Gasteiger partial charge in [-0.1, -0.05) is 20.3 Å². The van der Waals surface area contributed by atoms with E-state index in [1.54, 1.807) is 0 Å². The summed E-state index contributed by atoms with van der Waals surface area (Å²) in [6.45, 7) is 5.83. The third-order valence-electron chi connectivity index (χ3n) is 2.47. The maximum absolute atomic E-state index is 3.65. The van der Waals surface area contributed by atoms with Gasteiger partial charge in [-0.3, -0.25) is 0 Å². The van der Waals surface area contributed by atoms with Crippen molar-refractivity contribution in [3.63, 3.8) is 0 Å². The van der Waals surface area contributed by atoms with Crippen LogP contribution >= 0.6 is 11.8 Å². The van der Waals surface area contributed by atoms with Crippen molar-refractivity contribution in [3.8, 4) is 0 Å². The van der Waals surface area contributed by atoms with Gasteiger partial charge in [0.05, 0.1) is 0 Å². The van der Waals surface area contributed by atoms with Crippen LogP contribution in [0.4, 0.5) is 0 Å². The van der Waals surface area contributed by atoms with E-state index in [2.05, 4.69) is 30.9 Å². The molecule has 0 aromatic carbocycles. The van der Waals surface area contributed by atoms with Crippen molar-refractivity contribution in [2.24, 2.45) is 5.92 Å². The van der Waals surface area contributed by atoms with Gasteiger partial charge in [-0.15, -0.1) is 0 Å². The molecule has 12 heavy (non-hydrogen) atoms. The van der Waals surface area contributed by atoms with Crippen LogP contribution in [0.5, 0.6) is 0 Å². The van der Waals surface area contributed by atoms with E-state index in [0.29, 0.717) is 0 Å². The van der Waals surface area contributed by atoms with Gasteiger partial charge < -0.3 is 5.32 Å². The SMILES string of the molecule is CCCC(C)CNC1CCSC1. The molecule has 0 saturated carbocycles. The molecule has 1 aliphatic heterocycles. The Kier molecular flexibility index (Phi) is 5.08. The lowest BCUT2D eigenvalue weighted by Gasteiger charge is -2.15. The normalized spacial score (nSPS) is 26.0. The summed E-state index contributed by atoms with van der Waals surface area (Å²) in [5.74, 6) is 3.55. The summed E-state index contributed by atoms with van der Waals surface area (Å²) in [4.78, 5) is 0. The minimum Gasteiger partial charge on any atom is -0.313 e. The number of hydrogen-bond donors (Lipinski definition) is 1. The lowest BCUT2D eigenvalue weighted by atomic mass is 10.1. The van der Waals surface area contributed by atoms with Gasteiger partial charge in [-0.25, -0.2) is 0 Å². The van der Waals surface area contributed by atoms with Crippen LogP contribution in [0.2, 0.25) is 0 Å². The van der Waals surface area contributed by atoms with Gasteiger partial charge in [-0.05, 0) is 31.1 Å². The summed E-state index contributed by atoms with van der Waals surface area (Å²) in [5.41, 5.74) is 0. The van der Waals surface area contributed by atoms with Crippen LogP contribution in [0.15, 0.2) is 0 Å². The van der Waals surface area contributed by atoms with E-state index in [4.69, 9.17) is 0 Å². The van der Waals surface area contributed by atoms with E-state index in [0.717, 1.165) is 12.0 Å². The van der Waals surface area contributed by atoms with Gasteiger partial charge in [0.25, 0.3) is 0 Å². The molecule has 0 aliphatic carbocycles. The van der Waals surface area contributed by atoms with E-state index in [1.165, 1.54) is 37.3 Å². The first kappa shape index (κ1) is 10.4. The van der Waals surface area contributed by atoms with Crippen molar-refractivity contribution >= 4 is 11.8 Å². The van der Waals surface area contributed by atoms with Crippen molar-refractivity contribution < 1.29 is 0 Å². The summed E-state index contributed by atoms with van der Waals surface area (Å²) >= 11 is 2.08. The standard InChI is InChI=1S/C10H21NS/c1-3-4-9(2)7-11-10-5-6-12-8-10/h9-11H,3-8H2,1-2H3. The fourth-order valence-electron chi connectivity index (χ4n) is 1.66. The summed E-state index contributed by atoms with van der Waals surface area (Å²) in [7, 11) is 0. The molecule has 1 N–H and O–H groups in total. The highest BCUT2D eigenvalue weighted by Crippen LogP contribution is 2.17. The summed E-state index contributed by atoms with van der Waals surface area (Å²) in [5, 5.41) is 3.65. The Hall–Kier alpha value is 0.310. The maximum atomic E-state index is 3.65. The molecule has 72 valence electrons. The molecule has 1 saturated heterocycles. The van der Waals surface area contributed by atoms with Crippen LogP contribution in [0.3, 0.4) is 0 Å². The highest BCUT2D eigenvalue weighted by molar-refractivity contribution is 7.99. The smallest absolute Gasteiger partial charge is 0.0166 e. The Labute approximate surface area is 80.7 Å². The van der Waals surface area contributed by atoms with Crippen LogP contribution in [-0.2, 0) is 0 Å². The Morgan fingerprint density at radius 2 is 2.42 bits per heavy atom. The van der Waals surface area contributed by atoms with Crippen LogP contribution in [0.1, 0.15) is 33.1 Å². The number of nitrogens with one attached hydrogen (secondary N) is 1. The highest BCUT2D eigenvalue weighted by Gasteiger charge is 2.14. The zero-order valence-corrected chi connectivity index (χ0v) is 9.12. The fraction of sp³-hybridized carbons (Fsp3) is 1.00. The van der Waals surface area contributed by atoms with Gasteiger partial charge in [0.1, 0.15) is 0 Å². The Bertz CT molecular complexity index is 110.